The minimum absolute atomic E-state index is 0.00498. The van der Waals surface area contributed by atoms with E-state index in [1.54, 1.807) is 9.80 Å². The lowest BCUT2D eigenvalue weighted by Crippen LogP contribution is -2.57. The fourth-order valence-corrected chi connectivity index (χ4v) is 3.62. The van der Waals surface area contributed by atoms with Gasteiger partial charge in [-0.25, -0.2) is 0 Å². The number of amides is 3. The Kier molecular flexibility index (Phi) is 6.11. The third-order valence-electron chi connectivity index (χ3n) is 5.35. The first-order valence-electron chi connectivity index (χ1n) is 9.61. The van der Waals surface area contributed by atoms with Crippen LogP contribution in [-0.2, 0) is 20.9 Å². The van der Waals surface area contributed by atoms with Crippen molar-refractivity contribution in [1.82, 2.24) is 19.6 Å². The van der Waals surface area contributed by atoms with Crippen LogP contribution in [0, 0.1) is 6.92 Å². The van der Waals surface area contributed by atoms with Gasteiger partial charge in [0.15, 0.2) is 0 Å². The fourth-order valence-electron chi connectivity index (χ4n) is 3.62. The summed E-state index contributed by atoms with van der Waals surface area (Å²) in [4.78, 5) is 44.5. The van der Waals surface area contributed by atoms with Crippen LogP contribution in [0.2, 0.25) is 0 Å². The van der Waals surface area contributed by atoms with Crippen molar-refractivity contribution in [1.29, 1.82) is 0 Å². The van der Waals surface area contributed by atoms with Gasteiger partial charge in [0.2, 0.25) is 5.91 Å². The van der Waals surface area contributed by atoms with Crippen molar-refractivity contribution in [3.05, 3.63) is 35.4 Å². The molecule has 2 heterocycles. The number of carbonyl (C=O) groups excluding carboxylic acids is 3. The number of aryl methyl sites for hydroxylation is 1. The van der Waals surface area contributed by atoms with Crippen LogP contribution in [0.3, 0.4) is 0 Å². The van der Waals surface area contributed by atoms with Gasteiger partial charge in [0, 0.05) is 45.8 Å². The van der Waals surface area contributed by atoms with Gasteiger partial charge in [-0.1, -0.05) is 36.8 Å². The molecule has 7 nitrogen and oxygen atoms in total. The molecule has 0 bridgehead atoms. The van der Waals surface area contributed by atoms with E-state index < -0.39 is 11.8 Å². The molecule has 0 saturated carbocycles. The summed E-state index contributed by atoms with van der Waals surface area (Å²) in [5.41, 5.74) is 2.13. The third-order valence-corrected chi connectivity index (χ3v) is 5.35. The van der Waals surface area contributed by atoms with Crippen molar-refractivity contribution >= 4 is 17.7 Å². The molecule has 27 heavy (non-hydrogen) atoms. The maximum Gasteiger partial charge on any atom is 0.312 e. The van der Waals surface area contributed by atoms with Gasteiger partial charge < -0.3 is 19.6 Å². The van der Waals surface area contributed by atoms with E-state index >= 15 is 0 Å². The molecule has 2 fully saturated rings. The first kappa shape index (κ1) is 19.4. The Hall–Kier alpha value is -2.41. The molecule has 2 aliphatic rings. The molecule has 1 aromatic rings. The molecule has 2 saturated heterocycles. The summed E-state index contributed by atoms with van der Waals surface area (Å²) in [5, 5.41) is 0. The number of benzene rings is 1. The minimum Gasteiger partial charge on any atom is -0.339 e. The Morgan fingerprint density at radius 2 is 1.63 bits per heavy atom. The second-order valence-corrected chi connectivity index (χ2v) is 7.26. The zero-order chi connectivity index (χ0) is 19.4. The van der Waals surface area contributed by atoms with E-state index in [0.29, 0.717) is 32.7 Å². The lowest BCUT2D eigenvalue weighted by atomic mass is 10.1. The van der Waals surface area contributed by atoms with Gasteiger partial charge in [0.1, 0.15) is 6.54 Å². The Bertz CT molecular complexity index is 713. The molecule has 0 atom stereocenters. The van der Waals surface area contributed by atoms with Crippen molar-refractivity contribution in [2.24, 2.45) is 0 Å². The third kappa shape index (κ3) is 4.66. The van der Waals surface area contributed by atoms with Crippen molar-refractivity contribution in [2.45, 2.75) is 20.4 Å². The summed E-state index contributed by atoms with van der Waals surface area (Å²) in [6.07, 6.45) is 0. The molecule has 0 unspecified atom stereocenters. The smallest absolute Gasteiger partial charge is 0.312 e. The second-order valence-electron chi connectivity index (χ2n) is 7.26. The molecule has 0 spiro atoms. The zero-order valence-electron chi connectivity index (χ0n) is 16.2. The van der Waals surface area contributed by atoms with E-state index in [1.807, 2.05) is 31.2 Å². The van der Waals surface area contributed by atoms with Gasteiger partial charge in [0.05, 0.1) is 0 Å². The van der Waals surface area contributed by atoms with Gasteiger partial charge in [0.25, 0.3) is 0 Å². The van der Waals surface area contributed by atoms with Crippen molar-refractivity contribution in [2.75, 3.05) is 52.4 Å². The largest absolute Gasteiger partial charge is 0.339 e. The molecule has 3 rings (SSSR count). The number of nitrogens with zero attached hydrogens (tertiary/aromatic N) is 4. The summed E-state index contributed by atoms with van der Waals surface area (Å²) in [5.74, 6) is -1.17. The quantitative estimate of drug-likeness (QED) is 0.699. The molecule has 146 valence electrons. The van der Waals surface area contributed by atoms with Crippen LogP contribution in [0.5, 0.6) is 0 Å². The molecule has 0 N–H and O–H groups in total. The molecule has 0 radical (unpaired) electrons. The van der Waals surface area contributed by atoms with Crippen molar-refractivity contribution < 1.29 is 14.4 Å². The number of likely N-dealkylation sites (N-methyl/N-ethyl adjacent to an activating group) is 1. The van der Waals surface area contributed by atoms with E-state index in [9.17, 15) is 14.4 Å². The Labute approximate surface area is 160 Å². The monoisotopic (exact) mass is 372 g/mol. The van der Waals surface area contributed by atoms with Crippen LogP contribution in [0.25, 0.3) is 0 Å². The second kappa shape index (κ2) is 8.52. The summed E-state index contributed by atoms with van der Waals surface area (Å²) in [6.45, 7) is 9.45. The number of carbonyl (C=O) groups is 3. The van der Waals surface area contributed by atoms with E-state index in [1.165, 1.54) is 4.90 Å². The number of hydrogen-bond donors (Lipinski definition) is 0. The first-order chi connectivity index (χ1) is 13.0. The highest BCUT2D eigenvalue weighted by Crippen LogP contribution is 2.13. The summed E-state index contributed by atoms with van der Waals surface area (Å²) in [7, 11) is 0. The van der Waals surface area contributed by atoms with Gasteiger partial charge >= 0.3 is 11.8 Å². The minimum atomic E-state index is -0.575. The van der Waals surface area contributed by atoms with E-state index in [4.69, 9.17) is 0 Å². The summed E-state index contributed by atoms with van der Waals surface area (Å²) >= 11 is 0. The van der Waals surface area contributed by atoms with Crippen LogP contribution in [-0.4, -0.2) is 89.7 Å². The van der Waals surface area contributed by atoms with Crippen LogP contribution in [0.15, 0.2) is 24.3 Å². The molecular weight excluding hydrogens is 344 g/mol. The van der Waals surface area contributed by atoms with E-state index in [0.717, 1.165) is 30.8 Å². The highest BCUT2D eigenvalue weighted by atomic mass is 16.2. The van der Waals surface area contributed by atoms with Crippen LogP contribution in [0.1, 0.15) is 18.1 Å². The maximum absolute atomic E-state index is 12.5. The Balaban J connectivity index is 1.53. The lowest BCUT2D eigenvalue weighted by Gasteiger charge is -2.37. The lowest BCUT2D eigenvalue weighted by molar-refractivity contribution is -0.158. The standard InChI is InChI=1S/C20H28N4O3/c1-3-21-7-9-22(10-8-21)18(25)15-24-12-11-23(19(26)20(24)27)14-17-6-4-5-16(2)13-17/h4-6,13H,3,7-12,14-15H2,1-2H3. The van der Waals surface area contributed by atoms with Gasteiger partial charge in [-0.05, 0) is 19.0 Å². The average molecular weight is 372 g/mol. The highest BCUT2D eigenvalue weighted by molar-refractivity contribution is 6.35. The van der Waals surface area contributed by atoms with Crippen molar-refractivity contribution in [3.63, 3.8) is 0 Å². The van der Waals surface area contributed by atoms with Crippen LogP contribution in [0.4, 0.5) is 0 Å². The van der Waals surface area contributed by atoms with Crippen LogP contribution >= 0.6 is 0 Å². The Morgan fingerprint density at radius 3 is 2.30 bits per heavy atom. The highest BCUT2D eigenvalue weighted by Gasteiger charge is 2.34. The summed E-state index contributed by atoms with van der Waals surface area (Å²) in [6, 6.07) is 7.92. The zero-order valence-corrected chi connectivity index (χ0v) is 16.2. The predicted molar refractivity (Wildman–Crippen MR) is 102 cm³/mol. The fraction of sp³-hybridized carbons (Fsp3) is 0.550. The molecular formula is C20H28N4O3. The summed E-state index contributed by atoms with van der Waals surface area (Å²) < 4.78 is 0. The van der Waals surface area contributed by atoms with Gasteiger partial charge in [-0.3, -0.25) is 14.4 Å². The number of rotatable bonds is 5. The van der Waals surface area contributed by atoms with Gasteiger partial charge in [-0.15, -0.1) is 0 Å². The van der Waals surface area contributed by atoms with E-state index in [2.05, 4.69) is 11.8 Å². The SMILES string of the molecule is CCN1CCN(C(=O)CN2CCN(Cc3cccc(C)c3)C(=O)C2=O)CC1. The molecule has 0 aliphatic carbocycles. The van der Waals surface area contributed by atoms with Crippen molar-refractivity contribution in [3.8, 4) is 0 Å². The molecule has 2 aliphatic heterocycles. The van der Waals surface area contributed by atoms with Gasteiger partial charge in [-0.2, -0.15) is 0 Å². The maximum atomic E-state index is 12.5. The Morgan fingerprint density at radius 1 is 0.963 bits per heavy atom. The van der Waals surface area contributed by atoms with E-state index in [-0.39, 0.29) is 12.5 Å². The molecule has 0 aromatic heterocycles. The number of piperazine rings is 2. The topological polar surface area (TPSA) is 64.2 Å². The molecule has 3 amide bonds. The predicted octanol–water partition coefficient (Wildman–Crippen LogP) is 0.330. The number of hydrogen-bond acceptors (Lipinski definition) is 4. The molecule has 7 heteroatoms. The normalized spacial score (nSPS) is 19.0. The van der Waals surface area contributed by atoms with Crippen LogP contribution < -0.4 is 0 Å². The molecule has 1 aromatic carbocycles. The first-order valence-corrected chi connectivity index (χ1v) is 9.61. The average Bonchev–Trinajstić information content (AvgIpc) is 2.68.